The van der Waals surface area contributed by atoms with Crippen LogP contribution in [0.4, 0.5) is 34.1 Å². The highest BCUT2D eigenvalue weighted by molar-refractivity contribution is 6.33. The highest BCUT2D eigenvalue weighted by Crippen LogP contribution is 2.39. The van der Waals surface area contributed by atoms with E-state index in [2.05, 4.69) is 26.2 Å². The van der Waals surface area contributed by atoms with Crippen LogP contribution in [0.3, 0.4) is 0 Å². The third-order valence-corrected chi connectivity index (χ3v) is 10.8. The third-order valence-electron chi connectivity index (χ3n) is 10.5. The Bertz CT molecular complexity index is 1540. The number of para-hydroxylation sites is 1. The molecule has 6 rings (SSSR count). The molecule has 0 aromatic heterocycles. The van der Waals surface area contributed by atoms with E-state index >= 15 is 0 Å². The fourth-order valence-electron chi connectivity index (χ4n) is 7.75. The molecule has 5 amide bonds. The predicted molar refractivity (Wildman–Crippen MR) is 187 cm³/mol. The fourth-order valence-corrected chi connectivity index (χ4v) is 8.09. The molecule has 1 atom stereocenters. The first-order valence-corrected chi connectivity index (χ1v) is 17.9. The molecule has 2 aromatic carbocycles. The molecule has 11 nitrogen and oxygen atoms in total. The lowest BCUT2D eigenvalue weighted by Crippen LogP contribution is -2.59. The Balaban J connectivity index is 1.13. The van der Waals surface area contributed by atoms with Gasteiger partial charge >= 0.3 is 18.2 Å². The van der Waals surface area contributed by atoms with E-state index in [1.807, 2.05) is 29.2 Å². The number of fused-ring (bicyclic) bond motifs is 1. The van der Waals surface area contributed by atoms with Crippen molar-refractivity contribution in [2.75, 3.05) is 76.6 Å². The lowest BCUT2D eigenvalue weighted by molar-refractivity contribution is -0.137. The summed E-state index contributed by atoms with van der Waals surface area (Å²) in [5.41, 5.74) is 0.907. The number of nitrogens with zero attached hydrogens (tertiary/aromatic N) is 4. The summed E-state index contributed by atoms with van der Waals surface area (Å²) < 4.78 is 42.1. The zero-order valence-corrected chi connectivity index (χ0v) is 29.1. The summed E-state index contributed by atoms with van der Waals surface area (Å²) >= 11 is 6.30. The summed E-state index contributed by atoms with van der Waals surface area (Å²) in [4.78, 5) is 48.4. The van der Waals surface area contributed by atoms with Crippen LogP contribution in [0.2, 0.25) is 5.02 Å². The lowest BCUT2D eigenvalue weighted by atomic mass is 9.99. The summed E-state index contributed by atoms with van der Waals surface area (Å²) in [6, 6.07) is 8.82. The molecular weight excluding hydrogens is 673 g/mol. The Labute approximate surface area is 295 Å². The molecule has 1 unspecified atom stereocenters. The van der Waals surface area contributed by atoms with E-state index in [1.165, 1.54) is 13.1 Å². The molecule has 15 heteroatoms. The Morgan fingerprint density at radius 1 is 0.940 bits per heavy atom. The fraction of sp³-hybridized carbons (Fsp3) is 0.571. The van der Waals surface area contributed by atoms with Crippen LogP contribution >= 0.6 is 11.6 Å². The molecule has 50 heavy (non-hydrogen) atoms. The number of likely N-dealkylation sites (tertiary alicyclic amines) is 1. The Kier molecular flexibility index (Phi) is 11.3. The molecule has 4 aliphatic heterocycles. The van der Waals surface area contributed by atoms with Crippen molar-refractivity contribution < 1.29 is 27.6 Å². The van der Waals surface area contributed by atoms with Crippen LogP contribution in [0.25, 0.3) is 0 Å². The molecule has 0 radical (unpaired) electrons. The van der Waals surface area contributed by atoms with Gasteiger partial charge in [-0.3, -0.25) is 9.69 Å². The van der Waals surface area contributed by atoms with E-state index in [-0.39, 0.29) is 40.7 Å². The maximum Gasteiger partial charge on any atom is 0.418 e. The van der Waals surface area contributed by atoms with Gasteiger partial charge in [-0.1, -0.05) is 29.8 Å². The molecule has 4 aliphatic rings. The molecule has 4 N–H and O–H groups in total. The number of anilines is 2. The van der Waals surface area contributed by atoms with Crippen molar-refractivity contribution >= 4 is 40.9 Å². The Morgan fingerprint density at radius 2 is 1.64 bits per heavy atom. The summed E-state index contributed by atoms with van der Waals surface area (Å²) in [7, 11) is 1.37. The summed E-state index contributed by atoms with van der Waals surface area (Å²) in [5.74, 6) is -0.332. The van der Waals surface area contributed by atoms with E-state index in [4.69, 9.17) is 11.6 Å². The third kappa shape index (κ3) is 8.24. The van der Waals surface area contributed by atoms with Crippen LogP contribution < -0.4 is 21.3 Å². The van der Waals surface area contributed by atoms with Gasteiger partial charge in [0.2, 0.25) is 5.91 Å². The smallest absolute Gasteiger partial charge is 0.386 e. The van der Waals surface area contributed by atoms with Crippen LogP contribution in [-0.2, 0) is 23.8 Å². The number of urea groups is 2. The van der Waals surface area contributed by atoms with E-state index in [9.17, 15) is 27.6 Å². The predicted octanol–water partition coefficient (Wildman–Crippen LogP) is 4.47. The van der Waals surface area contributed by atoms with Crippen molar-refractivity contribution in [3.05, 3.63) is 58.1 Å². The minimum atomic E-state index is -4.68. The molecule has 4 heterocycles. The van der Waals surface area contributed by atoms with Crippen LogP contribution in [0.1, 0.15) is 42.4 Å². The molecule has 2 aromatic rings. The van der Waals surface area contributed by atoms with Gasteiger partial charge in [0.15, 0.2) is 0 Å². The summed E-state index contributed by atoms with van der Waals surface area (Å²) in [6.07, 6.45) is -0.898. The largest absolute Gasteiger partial charge is 0.418 e. The number of halogens is 4. The number of amides is 5. The van der Waals surface area contributed by atoms with E-state index < -0.39 is 23.8 Å². The van der Waals surface area contributed by atoms with Crippen molar-refractivity contribution in [1.82, 2.24) is 30.2 Å². The molecule has 0 aliphatic carbocycles. The Morgan fingerprint density at radius 3 is 2.32 bits per heavy atom. The van der Waals surface area contributed by atoms with Gasteiger partial charge in [-0.2, -0.15) is 13.2 Å². The maximum absolute atomic E-state index is 14.1. The van der Waals surface area contributed by atoms with Crippen LogP contribution in [-0.4, -0.2) is 122 Å². The van der Waals surface area contributed by atoms with Gasteiger partial charge < -0.3 is 36.0 Å². The molecule has 272 valence electrons. The van der Waals surface area contributed by atoms with Crippen molar-refractivity contribution in [2.45, 2.75) is 62.8 Å². The second kappa shape index (κ2) is 15.6. The first-order chi connectivity index (χ1) is 24.0. The number of nitrogens with one attached hydrogen (secondary N) is 4. The summed E-state index contributed by atoms with van der Waals surface area (Å²) in [6.45, 7) is 5.54. The number of rotatable bonds is 7. The average Bonchev–Trinajstić information content (AvgIpc) is 3.29. The van der Waals surface area contributed by atoms with Gasteiger partial charge in [0.25, 0.3) is 0 Å². The first kappa shape index (κ1) is 36.1. The molecule has 3 fully saturated rings. The van der Waals surface area contributed by atoms with E-state index in [0.29, 0.717) is 64.7 Å². The van der Waals surface area contributed by atoms with Crippen LogP contribution in [0.15, 0.2) is 36.4 Å². The quantitative estimate of drug-likeness (QED) is 0.337. The number of piperazine rings is 1. The number of carbonyl (C=O) groups excluding carboxylic acids is 3. The Hall–Kier alpha value is -3.75. The molecule has 0 spiro atoms. The molecule has 3 saturated heterocycles. The zero-order chi connectivity index (χ0) is 35.4. The summed E-state index contributed by atoms with van der Waals surface area (Å²) in [5, 5.41) is 11.7. The number of hydrogen-bond donors (Lipinski definition) is 4. The second-order valence-electron chi connectivity index (χ2n) is 13.5. The van der Waals surface area contributed by atoms with E-state index in [0.717, 1.165) is 49.7 Å². The number of carbonyl (C=O) groups is 3. The number of hydrogen-bond acceptors (Lipinski definition) is 6. The van der Waals surface area contributed by atoms with Crippen LogP contribution in [0.5, 0.6) is 0 Å². The van der Waals surface area contributed by atoms with Gasteiger partial charge in [-0.05, 0) is 74.5 Å². The minimum absolute atomic E-state index is 0.0596. The average molecular weight is 719 g/mol. The van der Waals surface area contributed by atoms with Crippen molar-refractivity contribution in [2.24, 2.45) is 0 Å². The minimum Gasteiger partial charge on any atom is -0.386 e. The highest BCUT2D eigenvalue weighted by Gasteiger charge is 2.37. The lowest BCUT2D eigenvalue weighted by Gasteiger charge is -2.42. The monoisotopic (exact) mass is 718 g/mol. The topological polar surface area (TPSA) is 112 Å². The van der Waals surface area contributed by atoms with Crippen molar-refractivity contribution in [3.8, 4) is 0 Å². The normalized spacial score (nSPS) is 20.5. The molecule has 0 bridgehead atoms. The number of alkyl halides is 3. The standard InChI is InChI=1S/C35H46ClF3N8O3/c1-40-31-27(35(37,38)39)20-23(21-28(31)36)22-30(32(48)45-18-16-44(17-19-45)25-6-11-41-12-7-25)43-33(49)46-13-9-26(10-14-46)47-15-8-24-4-2-3-5-29(24)42-34(47)50/h2-5,20-21,25-26,30,40-41H,6-19,22H2,1H3,(H,42,50)(H,43,49). The van der Waals surface area contributed by atoms with Gasteiger partial charge in [0, 0.05) is 77.1 Å². The first-order valence-electron chi connectivity index (χ1n) is 17.5. The van der Waals surface area contributed by atoms with Gasteiger partial charge in [0.1, 0.15) is 6.04 Å². The van der Waals surface area contributed by atoms with Crippen molar-refractivity contribution in [1.29, 1.82) is 0 Å². The zero-order valence-electron chi connectivity index (χ0n) is 28.3. The van der Waals surface area contributed by atoms with Gasteiger partial charge in [-0.25, -0.2) is 9.59 Å². The van der Waals surface area contributed by atoms with E-state index in [1.54, 1.807) is 9.80 Å². The van der Waals surface area contributed by atoms with Gasteiger partial charge in [-0.15, -0.1) is 0 Å². The number of piperidine rings is 2. The van der Waals surface area contributed by atoms with Gasteiger partial charge in [0.05, 0.1) is 16.3 Å². The highest BCUT2D eigenvalue weighted by atomic mass is 35.5. The molecular formula is C35H46ClF3N8O3. The molecule has 0 saturated carbocycles. The SMILES string of the molecule is CNc1c(Cl)cc(CC(NC(=O)N2CCC(N3CCc4ccccc4NC3=O)CC2)C(=O)N2CCN(C3CCNCC3)CC2)cc1C(F)(F)F. The van der Waals surface area contributed by atoms with Crippen molar-refractivity contribution in [3.63, 3.8) is 0 Å². The number of benzene rings is 2. The maximum atomic E-state index is 14.1. The second-order valence-corrected chi connectivity index (χ2v) is 14.0. The van der Waals surface area contributed by atoms with Crippen LogP contribution in [0, 0.1) is 0 Å².